The highest BCUT2D eigenvalue weighted by Crippen LogP contribution is 2.23. The summed E-state index contributed by atoms with van der Waals surface area (Å²) in [5.41, 5.74) is 7.11. The first-order chi connectivity index (χ1) is 6.75. The Hall–Kier alpha value is -1.35. The van der Waals surface area contributed by atoms with Crippen molar-refractivity contribution in [3.63, 3.8) is 0 Å². The normalized spacial score (nSPS) is 11.1. The molecule has 0 fully saturated rings. The Balaban J connectivity index is 2.74. The number of para-hydroxylation sites is 1. The molecule has 2 rings (SSSR count). The molecule has 0 unspecified atom stereocenters. The van der Waals surface area contributed by atoms with Crippen LogP contribution < -0.4 is 5.73 Å². The minimum atomic E-state index is -0.170. The van der Waals surface area contributed by atoms with Crippen molar-refractivity contribution < 1.29 is 4.39 Å². The van der Waals surface area contributed by atoms with Gasteiger partial charge in [-0.1, -0.05) is 18.2 Å². The Morgan fingerprint density at radius 2 is 2.07 bits per heavy atom. The highest BCUT2D eigenvalue weighted by atomic mass is 19.1. The molecule has 74 valence electrons. The summed E-state index contributed by atoms with van der Waals surface area (Å²) in [5, 5.41) is 0.970. The van der Waals surface area contributed by atoms with Crippen LogP contribution in [0.5, 0.6) is 0 Å². The summed E-state index contributed by atoms with van der Waals surface area (Å²) in [6.45, 7) is 0.477. The molecule has 0 bridgehead atoms. The summed E-state index contributed by atoms with van der Waals surface area (Å²) in [6, 6.07) is 7.68. The van der Waals surface area contributed by atoms with Crippen LogP contribution in [-0.2, 0) is 13.5 Å². The highest BCUT2D eigenvalue weighted by molar-refractivity contribution is 5.84. The molecular formula is C11H13FN2. The van der Waals surface area contributed by atoms with Crippen LogP contribution in [0.1, 0.15) is 5.56 Å². The molecule has 0 aliphatic carbocycles. The van der Waals surface area contributed by atoms with Crippen molar-refractivity contribution in [2.24, 2.45) is 12.8 Å². The fraction of sp³-hybridized carbons (Fsp3) is 0.273. The van der Waals surface area contributed by atoms with Gasteiger partial charge in [0.25, 0.3) is 0 Å². The van der Waals surface area contributed by atoms with E-state index in [1.807, 2.05) is 24.3 Å². The lowest BCUT2D eigenvalue weighted by Gasteiger charge is -1.95. The van der Waals surface area contributed by atoms with E-state index in [-0.39, 0.29) is 5.95 Å². The average molecular weight is 192 g/mol. The molecule has 0 aliphatic heterocycles. The van der Waals surface area contributed by atoms with Gasteiger partial charge >= 0.3 is 0 Å². The lowest BCUT2D eigenvalue weighted by Crippen LogP contribution is -2.04. The van der Waals surface area contributed by atoms with E-state index in [2.05, 4.69) is 0 Å². The zero-order chi connectivity index (χ0) is 10.1. The number of hydrogen-bond donors (Lipinski definition) is 1. The summed E-state index contributed by atoms with van der Waals surface area (Å²) >= 11 is 0. The van der Waals surface area contributed by atoms with Gasteiger partial charge in [-0.15, -0.1) is 0 Å². The number of halogens is 1. The summed E-state index contributed by atoms with van der Waals surface area (Å²) in [7, 11) is 1.73. The number of aryl methyl sites for hydroxylation is 1. The van der Waals surface area contributed by atoms with Gasteiger partial charge in [0.2, 0.25) is 0 Å². The molecule has 0 saturated carbocycles. The lowest BCUT2D eigenvalue weighted by atomic mass is 10.1. The van der Waals surface area contributed by atoms with Crippen LogP contribution in [0.15, 0.2) is 24.3 Å². The molecule has 0 atom stereocenters. The molecule has 0 saturated heterocycles. The SMILES string of the molecule is Cn1c(F)c(CCN)c2ccccc21. The first-order valence-corrected chi connectivity index (χ1v) is 4.67. The molecule has 0 amide bonds. The molecule has 1 aromatic heterocycles. The summed E-state index contributed by atoms with van der Waals surface area (Å²) < 4.78 is 15.3. The van der Waals surface area contributed by atoms with Gasteiger partial charge in [-0.25, -0.2) is 0 Å². The second-order valence-electron chi connectivity index (χ2n) is 3.38. The van der Waals surface area contributed by atoms with E-state index < -0.39 is 0 Å². The third-order valence-electron chi connectivity index (χ3n) is 2.53. The smallest absolute Gasteiger partial charge is 0.197 e. The molecule has 1 aromatic carbocycles. The van der Waals surface area contributed by atoms with Gasteiger partial charge in [-0.2, -0.15) is 4.39 Å². The monoisotopic (exact) mass is 192 g/mol. The summed E-state index contributed by atoms with van der Waals surface area (Å²) in [5.74, 6) is -0.170. The van der Waals surface area contributed by atoms with Crippen LogP contribution in [0.3, 0.4) is 0 Å². The van der Waals surface area contributed by atoms with E-state index in [4.69, 9.17) is 5.73 Å². The van der Waals surface area contributed by atoms with Gasteiger partial charge < -0.3 is 10.3 Å². The highest BCUT2D eigenvalue weighted by Gasteiger charge is 2.12. The fourth-order valence-electron chi connectivity index (χ4n) is 1.82. The van der Waals surface area contributed by atoms with E-state index >= 15 is 0 Å². The van der Waals surface area contributed by atoms with Crippen molar-refractivity contribution >= 4 is 10.9 Å². The topological polar surface area (TPSA) is 30.9 Å². The van der Waals surface area contributed by atoms with Crippen molar-refractivity contribution in [3.8, 4) is 0 Å². The minimum absolute atomic E-state index is 0.170. The zero-order valence-electron chi connectivity index (χ0n) is 8.13. The van der Waals surface area contributed by atoms with Crippen LogP contribution in [0.4, 0.5) is 4.39 Å². The first kappa shape index (κ1) is 9.21. The van der Waals surface area contributed by atoms with Crippen LogP contribution in [0, 0.1) is 5.95 Å². The molecule has 0 aliphatic rings. The Morgan fingerprint density at radius 1 is 1.36 bits per heavy atom. The molecule has 1 heterocycles. The molecule has 2 N–H and O–H groups in total. The van der Waals surface area contributed by atoms with Gasteiger partial charge in [-0.05, 0) is 19.0 Å². The number of aromatic nitrogens is 1. The standard InChI is InChI=1S/C11H13FN2/c1-14-10-5-3-2-4-8(10)9(6-7-13)11(14)12/h2-5H,6-7,13H2,1H3. The van der Waals surface area contributed by atoms with Crippen molar-refractivity contribution in [2.75, 3.05) is 6.54 Å². The van der Waals surface area contributed by atoms with E-state index in [0.29, 0.717) is 13.0 Å². The third kappa shape index (κ3) is 1.21. The Kier molecular flexibility index (Phi) is 2.25. The maximum absolute atomic E-state index is 13.7. The minimum Gasteiger partial charge on any atom is -0.330 e. The quantitative estimate of drug-likeness (QED) is 0.773. The largest absolute Gasteiger partial charge is 0.330 e. The van der Waals surface area contributed by atoms with E-state index in [1.165, 1.54) is 0 Å². The molecule has 3 heteroatoms. The first-order valence-electron chi connectivity index (χ1n) is 4.67. The molecule has 2 aromatic rings. The second kappa shape index (κ2) is 3.42. The number of hydrogen-bond acceptors (Lipinski definition) is 1. The van der Waals surface area contributed by atoms with Crippen molar-refractivity contribution in [2.45, 2.75) is 6.42 Å². The number of rotatable bonds is 2. The van der Waals surface area contributed by atoms with Gasteiger partial charge in [0.05, 0.1) is 5.52 Å². The van der Waals surface area contributed by atoms with Gasteiger partial charge in [0.15, 0.2) is 5.95 Å². The maximum atomic E-state index is 13.7. The fourth-order valence-corrected chi connectivity index (χ4v) is 1.82. The maximum Gasteiger partial charge on any atom is 0.197 e. The van der Waals surface area contributed by atoms with Crippen LogP contribution >= 0.6 is 0 Å². The average Bonchev–Trinajstić information content (AvgIpc) is 2.45. The summed E-state index contributed by atoms with van der Waals surface area (Å²) in [6.07, 6.45) is 0.590. The third-order valence-corrected chi connectivity index (χ3v) is 2.53. The molecule has 2 nitrogen and oxygen atoms in total. The van der Waals surface area contributed by atoms with E-state index in [1.54, 1.807) is 11.6 Å². The number of benzene rings is 1. The molecule has 14 heavy (non-hydrogen) atoms. The van der Waals surface area contributed by atoms with E-state index in [9.17, 15) is 4.39 Å². The summed E-state index contributed by atoms with van der Waals surface area (Å²) in [4.78, 5) is 0. The Morgan fingerprint density at radius 3 is 2.79 bits per heavy atom. The Bertz CT molecular complexity index is 460. The molecular weight excluding hydrogens is 179 g/mol. The predicted molar refractivity (Wildman–Crippen MR) is 55.6 cm³/mol. The molecule has 0 radical (unpaired) electrons. The van der Waals surface area contributed by atoms with Crippen molar-refractivity contribution in [1.29, 1.82) is 0 Å². The van der Waals surface area contributed by atoms with E-state index in [0.717, 1.165) is 16.5 Å². The van der Waals surface area contributed by atoms with Crippen LogP contribution in [0.2, 0.25) is 0 Å². The van der Waals surface area contributed by atoms with Gasteiger partial charge in [0, 0.05) is 18.0 Å². The van der Waals surface area contributed by atoms with Crippen molar-refractivity contribution in [3.05, 3.63) is 35.8 Å². The number of fused-ring (bicyclic) bond motifs is 1. The molecule has 0 spiro atoms. The zero-order valence-corrected chi connectivity index (χ0v) is 8.13. The second-order valence-corrected chi connectivity index (χ2v) is 3.38. The predicted octanol–water partition coefficient (Wildman–Crippen LogP) is 1.82. The Labute approximate surface area is 82.1 Å². The van der Waals surface area contributed by atoms with Gasteiger partial charge in [0.1, 0.15) is 0 Å². The van der Waals surface area contributed by atoms with Crippen molar-refractivity contribution in [1.82, 2.24) is 4.57 Å². The van der Waals surface area contributed by atoms with Crippen LogP contribution in [-0.4, -0.2) is 11.1 Å². The number of nitrogens with zero attached hydrogens (tertiary/aromatic N) is 1. The lowest BCUT2D eigenvalue weighted by molar-refractivity contribution is 0.529. The van der Waals surface area contributed by atoms with Crippen LogP contribution in [0.25, 0.3) is 10.9 Å². The number of nitrogens with two attached hydrogens (primary N) is 1. The van der Waals surface area contributed by atoms with Gasteiger partial charge in [-0.3, -0.25) is 0 Å².